The summed E-state index contributed by atoms with van der Waals surface area (Å²) in [7, 11) is 0. The van der Waals surface area contributed by atoms with Crippen LogP contribution in [0.5, 0.6) is 5.75 Å². The fourth-order valence-electron chi connectivity index (χ4n) is 2.02. The number of amides is 1. The molecular formula is C18H30N2O3. The van der Waals surface area contributed by atoms with Crippen molar-refractivity contribution in [3.63, 3.8) is 0 Å². The summed E-state index contributed by atoms with van der Waals surface area (Å²) in [5, 5.41) is 2.74. The fraction of sp³-hybridized carbons (Fsp3) is 0.611. The molecule has 0 bridgehead atoms. The van der Waals surface area contributed by atoms with E-state index in [-0.39, 0.29) is 0 Å². The van der Waals surface area contributed by atoms with Crippen LogP contribution in [0.25, 0.3) is 0 Å². The average molecular weight is 322 g/mol. The first-order valence-electron chi connectivity index (χ1n) is 8.29. The lowest BCUT2D eigenvalue weighted by Gasteiger charge is -2.19. The van der Waals surface area contributed by atoms with Crippen molar-refractivity contribution >= 4 is 6.09 Å². The van der Waals surface area contributed by atoms with Crippen LogP contribution in [-0.2, 0) is 11.3 Å². The number of nitrogens with one attached hydrogen (secondary N) is 1. The minimum atomic E-state index is -0.487. The summed E-state index contributed by atoms with van der Waals surface area (Å²) in [5.74, 6) is 0.826. The van der Waals surface area contributed by atoms with Crippen LogP contribution in [0.2, 0.25) is 0 Å². The van der Waals surface area contributed by atoms with E-state index in [1.165, 1.54) is 0 Å². The third kappa shape index (κ3) is 9.79. The Balaban J connectivity index is 2.31. The highest BCUT2D eigenvalue weighted by Crippen LogP contribution is 2.14. The predicted octanol–water partition coefficient (Wildman–Crippen LogP) is 3.61. The van der Waals surface area contributed by atoms with Crippen molar-refractivity contribution < 1.29 is 14.3 Å². The Hall–Kier alpha value is -1.75. The van der Waals surface area contributed by atoms with E-state index >= 15 is 0 Å². The lowest BCUT2D eigenvalue weighted by atomic mass is 10.2. The van der Waals surface area contributed by atoms with Crippen LogP contribution in [-0.4, -0.2) is 24.8 Å². The van der Waals surface area contributed by atoms with Gasteiger partial charge in [-0.2, -0.15) is 0 Å². The second-order valence-corrected chi connectivity index (χ2v) is 6.55. The average Bonchev–Trinajstić information content (AvgIpc) is 2.47. The number of nitrogens with two attached hydrogens (primary N) is 1. The van der Waals surface area contributed by atoms with Gasteiger partial charge >= 0.3 is 6.09 Å². The minimum Gasteiger partial charge on any atom is -0.494 e. The lowest BCUT2D eigenvalue weighted by Crippen LogP contribution is -2.32. The molecule has 0 aliphatic carbocycles. The van der Waals surface area contributed by atoms with Gasteiger partial charge in [0.2, 0.25) is 0 Å². The topological polar surface area (TPSA) is 73.6 Å². The Kier molecular flexibility index (Phi) is 8.48. The third-order valence-corrected chi connectivity index (χ3v) is 3.10. The summed E-state index contributed by atoms with van der Waals surface area (Å²) in [6.07, 6.45) is 3.98. The van der Waals surface area contributed by atoms with Gasteiger partial charge in [-0.15, -0.1) is 0 Å². The van der Waals surface area contributed by atoms with Gasteiger partial charge in [-0.3, -0.25) is 0 Å². The van der Waals surface area contributed by atoms with Crippen LogP contribution >= 0.6 is 0 Å². The molecule has 1 rings (SSSR count). The normalized spacial score (nSPS) is 11.1. The zero-order valence-corrected chi connectivity index (χ0v) is 14.6. The summed E-state index contributed by atoms with van der Waals surface area (Å²) in [6, 6.07) is 7.75. The van der Waals surface area contributed by atoms with Crippen molar-refractivity contribution in [3.05, 3.63) is 29.8 Å². The highest BCUT2D eigenvalue weighted by atomic mass is 16.6. The Morgan fingerprint density at radius 1 is 1.17 bits per heavy atom. The maximum atomic E-state index is 11.6. The molecule has 5 heteroatoms. The molecule has 0 saturated heterocycles. The number of alkyl carbamates (subject to hydrolysis) is 1. The summed E-state index contributed by atoms with van der Waals surface area (Å²) in [5.41, 5.74) is 5.96. The number of carbonyl (C=O) groups is 1. The van der Waals surface area contributed by atoms with Crippen LogP contribution in [0.4, 0.5) is 4.79 Å². The largest absolute Gasteiger partial charge is 0.494 e. The molecule has 0 spiro atoms. The van der Waals surface area contributed by atoms with Crippen LogP contribution in [0, 0.1) is 0 Å². The first-order chi connectivity index (χ1) is 10.9. The van der Waals surface area contributed by atoms with Crippen molar-refractivity contribution in [2.24, 2.45) is 5.73 Å². The Morgan fingerprint density at radius 2 is 1.91 bits per heavy atom. The Morgan fingerprint density at radius 3 is 2.61 bits per heavy atom. The second kappa shape index (κ2) is 10.1. The quantitative estimate of drug-likeness (QED) is 0.681. The molecule has 0 unspecified atom stereocenters. The van der Waals surface area contributed by atoms with Crippen LogP contribution in [0.3, 0.4) is 0 Å². The zero-order valence-electron chi connectivity index (χ0n) is 14.6. The van der Waals surface area contributed by atoms with E-state index in [4.69, 9.17) is 15.2 Å². The smallest absolute Gasteiger partial charge is 0.407 e. The summed E-state index contributed by atoms with van der Waals surface area (Å²) < 4.78 is 11.0. The maximum Gasteiger partial charge on any atom is 0.407 e. The van der Waals surface area contributed by atoms with Gasteiger partial charge in [-0.05, 0) is 57.9 Å². The molecule has 0 aliphatic heterocycles. The molecule has 0 atom stereocenters. The highest BCUT2D eigenvalue weighted by molar-refractivity contribution is 5.67. The van der Waals surface area contributed by atoms with Crippen molar-refractivity contribution in [1.82, 2.24) is 5.32 Å². The van der Waals surface area contributed by atoms with E-state index in [1.807, 2.05) is 45.0 Å². The van der Waals surface area contributed by atoms with Gasteiger partial charge in [0, 0.05) is 6.54 Å². The molecule has 1 aromatic carbocycles. The molecule has 1 amide bonds. The first kappa shape index (κ1) is 19.3. The van der Waals surface area contributed by atoms with E-state index in [0.717, 1.165) is 43.5 Å². The molecule has 3 N–H and O–H groups in total. The van der Waals surface area contributed by atoms with Gasteiger partial charge in [0.05, 0.1) is 6.61 Å². The van der Waals surface area contributed by atoms with E-state index in [0.29, 0.717) is 13.2 Å². The SMILES string of the molecule is CC(C)(C)OC(=O)NCc1cccc(OCCCCCCN)c1. The third-order valence-electron chi connectivity index (χ3n) is 3.10. The zero-order chi connectivity index (χ0) is 17.1. The summed E-state index contributed by atoms with van der Waals surface area (Å²) >= 11 is 0. The molecule has 0 saturated carbocycles. The standard InChI is InChI=1S/C18H30N2O3/c1-18(2,3)23-17(21)20-14-15-9-8-10-16(13-15)22-12-7-5-4-6-11-19/h8-10,13H,4-7,11-12,14,19H2,1-3H3,(H,20,21). The van der Waals surface area contributed by atoms with Crippen molar-refractivity contribution in [2.45, 2.75) is 58.6 Å². The van der Waals surface area contributed by atoms with Crippen LogP contribution in [0.15, 0.2) is 24.3 Å². The van der Waals surface area contributed by atoms with Gasteiger partial charge in [-0.1, -0.05) is 25.0 Å². The van der Waals surface area contributed by atoms with Gasteiger partial charge in [0.1, 0.15) is 11.4 Å². The van der Waals surface area contributed by atoms with Crippen molar-refractivity contribution in [3.8, 4) is 5.75 Å². The Labute approximate surface area is 139 Å². The lowest BCUT2D eigenvalue weighted by molar-refractivity contribution is 0.0523. The van der Waals surface area contributed by atoms with E-state index < -0.39 is 11.7 Å². The molecule has 0 heterocycles. The predicted molar refractivity (Wildman–Crippen MR) is 92.5 cm³/mol. The van der Waals surface area contributed by atoms with Crippen molar-refractivity contribution in [1.29, 1.82) is 0 Å². The molecule has 1 aromatic rings. The number of hydrogen-bond donors (Lipinski definition) is 2. The summed E-state index contributed by atoms with van der Waals surface area (Å²) in [6.45, 7) is 7.40. The number of unbranched alkanes of at least 4 members (excludes halogenated alkanes) is 3. The monoisotopic (exact) mass is 322 g/mol. The first-order valence-corrected chi connectivity index (χ1v) is 8.29. The van der Waals surface area contributed by atoms with E-state index in [9.17, 15) is 4.79 Å². The highest BCUT2D eigenvalue weighted by Gasteiger charge is 2.15. The number of rotatable bonds is 9. The number of hydrogen-bond acceptors (Lipinski definition) is 4. The molecule has 0 radical (unpaired) electrons. The van der Waals surface area contributed by atoms with Crippen LogP contribution < -0.4 is 15.8 Å². The Bertz CT molecular complexity index is 470. The van der Waals surface area contributed by atoms with Gasteiger partial charge < -0.3 is 20.5 Å². The molecule has 0 aliphatic rings. The molecule has 23 heavy (non-hydrogen) atoms. The minimum absolute atomic E-state index is 0.413. The fourth-order valence-corrected chi connectivity index (χ4v) is 2.02. The number of benzene rings is 1. The van der Waals surface area contributed by atoms with Crippen LogP contribution in [0.1, 0.15) is 52.0 Å². The van der Waals surface area contributed by atoms with Gasteiger partial charge in [0.15, 0.2) is 0 Å². The van der Waals surface area contributed by atoms with Gasteiger partial charge in [0.25, 0.3) is 0 Å². The van der Waals surface area contributed by atoms with Crippen molar-refractivity contribution in [2.75, 3.05) is 13.2 Å². The molecule has 5 nitrogen and oxygen atoms in total. The van der Waals surface area contributed by atoms with E-state index in [2.05, 4.69) is 5.32 Å². The molecular weight excluding hydrogens is 292 g/mol. The van der Waals surface area contributed by atoms with Gasteiger partial charge in [-0.25, -0.2) is 4.79 Å². The molecule has 130 valence electrons. The second-order valence-electron chi connectivity index (χ2n) is 6.55. The maximum absolute atomic E-state index is 11.6. The number of carbonyl (C=O) groups excluding carboxylic acids is 1. The summed E-state index contributed by atoms with van der Waals surface area (Å²) in [4.78, 5) is 11.6. The molecule has 0 fully saturated rings. The number of ether oxygens (including phenoxy) is 2. The molecule has 0 aromatic heterocycles. The van der Waals surface area contributed by atoms with E-state index in [1.54, 1.807) is 0 Å².